The Hall–Kier alpha value is -1.06. The molecule has 1 rings (SSSR count). The highest BCUT2D eigenvalue weighted by Crippen LogP contribution is 2.16. The van der Waals surface area contributed by atoms with Crippen molar-refractivity contribution in [3.8, 4) is 5.75 Å². The van der Waals surface area contributed by atoms with E-state index in [0.717, 1.165) is 31.9 Å². The van der Waals surface area contributed by atoms with E-state index in [0.29, 0.717) is 6.04 Å². The molecule has 1 aromatic rings. The van der Waals surface area contributed by atoms with Crippen molar-refractivity contribution in [3.05, 3.63) is 29.3 Å². The van der Waals surface area contributed by atoms with Crippen molar-refractivity contribution >= 4 is 0 Å². The van der Waals surface area contributed by atoms with Crippen molar-refractivity contribution < 1.29 is 9.84 Å². The van der Waals surface area contributed by atoms with Crippen LogP contribution in [0.2, 0.25) is 0 Å². The molecule has 0 heterocycles. The molecule has 0 spiro atoms. The molecule has 0 unspecified atom stereocenters. The highest BCUT2D eigenvalue weighted by atomic mass is 16.5. The first-order valence-electron chi connectivity index (χ1n) is 7.09. The molecule has 108 valence electrons. The Bertz CT molecular complexity index is 377. The molecule has 0 amide bonds. The van der Waals surface area contributed by atoms with E-state index in [1.54, 1.807) is 0 Å². The average Bonchev–Trinajstić information content (AvgIpc) is 2.37. The molecule has 1 aromatic carbocycles. The van der Waals surface area contributed by atoms with Crippen molar-refractivity contribution in [3.63, 3.8) is 0 Å². The van der Waals surface area contributed by atoms with Crippen LogP contribution >= 0.6 is 0 Å². The van der Waals surface area contributed by atoms with E-state index in [9.17, 15) is 0 Å². The van der Waals surface area contributed by atoms with Gasteiger partial charge in [0.05, 0.1) is 13.2 Å². The summed E-state index contributed by atoms with van der Waals surface area (Å²) in [4.78, 5) is 2.27. The Morgan fingerprint density at radius 1 is 1.16 bits per heavy atom. The number of aryl methyl sites for hydroxylation is 2. The second kappa shape index (κ2) is 8.18. The number of aliphatic hydroxyl groups is 1. The third-order valence-electron chi connectivity index (χ3n) is 3.45. The number of nitrogens with zero attached hydrogens (tertiary/aromatic N) is 1. The van der Waals surface area contributed by atoms with Crippen molar-refractivity contribution in [2.45, 2.75) is 40.2 Å². The van der Waals surface area contributed by atoms with Gasteiger partial charge in [0.1, 0.15) is 5.75 Å². The first kappa shape index (κ1) is 16.0. The minimum Gasteiger partial charge on any atom is -0.494 e. The smallest absolute Gasteiger partial charge is 0.119 e. The zero-order chi connectivity index (χ0) is 14.3. The molecule has 0 saturated carbocycles. The molecule has 0 atom stereocenters. The van der Waals surface area contributed by atoms with Gasteiger partial charge in [0.25, 0.3) is 0 Å². The van der Waals surface area contributed by atoms with Gasteiger partial charge >= 0.3 is 0 Å². The van der Waals surface area contributed by atoms with Crippen LogP contribution in [-0.2, 0) is 0 Å². The zero-order valence-corrected chi connectivity index (χ0v) is 12.6. The van der Waals surface area contributed by atoms with Crippen LogP contribution in [0.4, 0.5) is 0 Å². The topological polar surface area (TPSA) is 32.7 Å². The lowest BCUT2D eigenvalue weighted by molar-refractivity contribution is 0.155. The van der Waals surface area contributed by atoms with Crippen LogP contribution in [0, 0.1) is 13.8 Å². The number of hydrogen-bond donors (Lipinski definition) is 1. The van der Waals surface area contributed by atoms with Crippen LogP contribution < -0.4 is 4.74 Å². The van der Waals surface area contributed by atoms with Gasteiger partial charge in [-0.25, -0.2) is 0 Å². The maximum atomic E-state index is 9.00. The first-order valence-corrected chi connectivity index (χ1v) is 7.09. The molecule has 0 fully saturated rings. The van der Waals surface area contributed by atoms with Gasteiger partial charge in [-0.05, 0) is 57.4 Å². The van der Waals surface area contributed by atoms with Crippen LogP contribution in [-0.4, -0.2) is 42.4 Å². The molecule has 0 aliphatic heterocycles. The molecule has 0 saturated heterocycles. The standard InChI is InChI=1S/C16H27NO2/c1-13(2)17(9-10-18)8-5-11-19-16-7-6-14(3)15(4)12-16/h6-7,12-13,18H,5,8-11H2,1-4H3. The quantitative estimate of drug-likeness (QED) is 0.734. The van der Waals surface area contributed by atoms with Crippen LogP contribution in [0.15, 0.2) is 18.2 Å². The maximum Gasteiger partial charge on any atom is 0.119 e. The van der Waals surface area contributed by atoms with E-state index in [1.807, 2.05) is 6.07 Å². The zero-order valence-electron chi connectivity index (χ0n) is 12.6. The van der Waals surface area contributed by atoms with Gasteiger partial charge in [0.15, 0.2) is 0 Å². The highest BCUT2D eigenvalue weighted by molar-refractivity contribution is 5.33. The van der Waals surface area contributed by atoms with Crippen molar-refractivity contribution in [2.75, 3.05) is 26.3 Å². The minimum atomic E-state index is 0.218. The van der Waals surface area contributed by atoms with Crippen molar-refractivity contribution in [1.82, 2.24) is 4.90 Å². The SMILES string of the molecule is Cc1ccc(OCCCN(CCO)C(C)C)cc1C. The van der Waals surface area contributed by atoms with Crippen LogP contribution in [0.25, 0.3) is 0 Å². The van der Waals surface area contributed by atoms with E-state index in [4.69, 9.17) is 9.84 Å². The normalized spacial score (nSPS) is 11.3. The lowest BCUT2D eigenvalue weighted by Gasteiger charge is -2.25. The van der Waals surface area contributed by atoms with Gasteiger partial charge in [0.2, 0.25) is 0 Å². The van der Waals surface area contributed by atoms with Crippen LogP contribution in [0.5, 0.6) is 5.75 Å². The lowest BCUT2D eigenvalue weighted by atomic mass is 10.1. The van der Waals surface area contributed by atoms with Gasteiger partial charge in [-0.1, -0.05) is 6.07 Å². The molecule has 3 nitrogen and oxygen atoms in total. The predicted molar refractivity (Wildman–Crippen MR) is 79.8 cm³/mol. The fourth-order valence-corrected chi connectivity index (χ4v) is 2.02. The van der Waals surface area contributed by atoms with E-state index in [2.05, 4.69) is 44.7 Å². The third kappa shape index (κ3) is 5.62. The largest absolute Gasteiger partial charge is 0.494 e. The third-order valence-corrected chi connectivity index (χ3v) is 3.45. The number of benzene rings is 1. The fourth-order valence-electron chi connectivity index (χ4n) is 2.02. The fraction of sp³-hybridized carbons (Fsp3) is 0.625. The van der Waals surface area contributed by atoms with Gasteiger partial charge in [-0.15, -0.1) is 0 Å². The monoisotopic (exact) mass is 265 g/mol. The molecule has 0 radical (unpaired) electrons. The molecular weight excluding hydrogens is 238 g/mol. The van der Waals surface area contributed by atoms with Gasteiger partial charge < -0.3 is 9.84 Å². The summed E-state index contributed by atoms with van der Waals surface area (Å²) >= 11 is 0. The van der Waals surface area contributed by atoms with E-state index < -0.39 is 0 Å². The maximum absolute atomic E-state index is 9.00. The Kier molecular flexibility index (Phi) is 6.89. The molecule has 19 heavy (non-hydrogen) atoms. The molecule has 1 N–H and O–H groups in total. The summed E-state index contributed by atoms with van der Waals surface area (Å²) < 4.78 is 5.76. The minimum absolute atomic E-state index is 0.218. The second-order valence-corrected chi connectivity index (χ2v) is 5.30. The molecule has 0 bridgehead atoms. The summed E-state index contributed by atoms with van der Waals surface area (Å²) in [7, 11) is 0. The number of rotatable bonds is 8. The van der Waals surface area contributed by atoms with Crippen LogP contribution in [0.1, 0.15) is 31.4 Å². The van der Waals surface area contributed by atoms with E-state index in [-0.39, 0.29) is 6.61 Å². The molecule has 0 aromatic heterocycles. The Morgan fingerprint density at radius 3 is 2.47 bits per heavy atom. The summed E-state index contributed by atoms with van der Waals surface area (Å²) in [6.45, 7) is 11.1. The number of aliphatic hydroxyl groups excluding tert-OH is 1. The van der Waals surface area contributed by atoms with E-state index >= 15 is 0 Å². The Balaban J connectivity index is 2.31. The lowest BCUT2D eigenvalue weighted by Crippen LogP contribution is -2.34. The molecule has 0 aliphatic carbocycles. The Labute approximate surface area is 117 Å². The van der Waals surface area contributed by atoms with Crippen LogP contribution in [0.3, 0.4) is 0 Å². The highest BCUT2D eigenvalue weighted by Gasteiger charge is 2.07. The predicted octanol–water partition coefficient (Wildman–Crippen LogP) is 2.78. The average molecular weight is 265 g/mol. The Morgan fingerprint density at radius 2 is 1.89 bits per heavy atom. The molecule has 0 aliphatic rings. The molecular formula is C16H27NO2. The summed E-state index contributed by atoms with van der Waals surface area (Å²) in [6, 6.07) is 6.67. The van der Waals surface area contributed by atoms with E-state index in [1.165, 1.54) is 11.1 Å². The van der Waals surface area contributed by atoms with Gasteiger partial charge in [-0.2, -0.15) is 0 Å². The summed E-state index contributed by atoms with van der Waals surface area (Å²) in [5.41, 5.74) is 2.56. The van der Waals surface area contributed by atoms with Gasteiger partial charge in [0, 0.05) is 19.1 Å². The summed E-state index contributed by atoms with van der Waals surface area (Å²) in [5, 5.41) is 9.00. The molecule has 3 heteroatoms. The van der Waals surface area contributed by atoms with Crippen molar-refractivity contribution in [2.24, 2.45) is 0 Å². The van der Waals surface area contributed by atoms with Crippen molar-refractivity contribution in [1.29, 1.82) is 0 Å². The van der Waals surface area contributed by atoms with Gasteiger partial charge in [-0.3, -0.25) is 4.90 Å². The summed E-state index contributed by atoms with van der Waals surface area (Å²) in [5.74, 6) is 0.946. The second-order valence-electron chi connectivity index (χ2n) is 5.30. The number of hydrogen-bond acceptors (Lipinski definition) is 3. The number of ether oxygens (including phenoxy) is 1. The first-order chi connectivity index (χ1) is 9.04. The summed E-state index contributed by atoms with van der Waals surface area (Å²) in [6.07, 6.45) is 0.977.